The van der Waals surface area contributed by atoms with Crippen LogP contribution >= 0.6 is 11.3 Å². The number of nitrogens with zero attached hydrogens (tertiary/aromatic N) is 1. The molecule has 1 unspecified atom stereocenters. The lowest BCUT2D eigenvalue weighted by molar-refractivity contribution is -0.123. The van der Waals surface area contributed by atoms with E-state index in [1.807, 2.05) is 0 Å². The van der Waals surface area contributed by atoms with Gasteiger partial charge in [0.25, 0.3) is 0 Å². The molecule has 1 aromatic rings. The number of carbonyl (C=O) groups excluding carboxylic acids is 1. The van der Waals surface area contributed by atoms with E-state index in [0.717, 1.165) is 19.5 Å². The summed E-state index contributed by atoms with van der Waals surface area (Å²) in [6.45, 7) is 3.73. The first kappa shape index (κ1) is 10.8. The van der Waals surface area contributed by atoms with Gasteiger partial charge in [0.2, 0.25) is 0 Å². The van der Waals surface area contributed by atoms with Crippen LogP contribution in [-0.4, -0.2) is 23.3 Å². The van der Waals surface area contributed by atoms with Gasteiger partial charge in [-0.3, -0.25) is 9.69 Å². The van der Waals surface area contributed by atoms with Crippen molar-refractivity contribution < 1.29 is 4.79 Å². The lowest BCUT2D eigenvalue weighted by Crippen LogP contribution is -2.43. The van der Waals surface area contributed by atoms with Crippen LogP contribution in [0, 0.1) is 0 Å². The predicted octanol–water partition coefficient (Wildman–Crippen LogP) is 2.69. The molecular formula is C12H17NOS. The topological polar surface area (TPSA) is 20.3 Å². The van der Waals surface area contributed by atoms with Gasteiger partial charge < -0.3 is 0 Å². The maximum Gasteiger partial charge on any atom is 0.146 e. The molecule has 1 saturated heterocycles. The Hall–Kier alpha value is -0.670. The normalized spacial score (nSPS) is 22.9. The second-order valence-electron chi connectivity index (χ2n) is 4.22. The summed E-state index contributed by atoms with van der Waals surface area (Å²) in [5, 5.41) is 4.27. The van der Waals surface area contributed by atoms with Crippen molar-refractivity contribution in [3.63, 3.8) is 0 Å². The van der Waals surface area contributed by atoms with Gasteiger partial charge >= 0.3 is 0 Å². The van der Waals surface area contributed by atoms with Crippen molar-refractivity contribution in [1.82, 2.24) is 4.90 Å². The van der Waals surface area contributed by atoms with Crippen molar-refractivity contribution in [2.24, 2.45) is 0 Å². The average Bonchev–Trinajstić information content (AvgIpc) is 2.71. The van der Waals surface area contributed by atoms with Gasteiger partial charge in [-0.05, 0) is 48.7 Å². The minimum absolute atomic E-state index is 0.165. The van der Waals surface area contributed by atoms with Crippen LogP contribution in [0.5, 0.6) is 0 Å². The summed E-state index contributed by atoms with van der Waals surface area (Å²) in [5.41, 5.74) is 1.34. The van der Waals surface area contributed by atoms with E-state index in [1.54, 1.807) is 18.3 Å². The zero-order valence-corrected chi connectivity index (χ0v) is 9.93. The molecular weight excluding hydrogens is 206 g/mol. The summed E-state index contributed by atoms with van der Waals surface area (Å²) >= 11 is 1.73. The minimum Gasteiger partial charge on any atom is -0.298 e. The molecule has 1 fully saturated rings. The lowest BCUT2D eigenvalue weighted by atomic mass is 9.99. The van der Waals surface area contributed by atoms with Crippen molar-refractivity contribution in [3.05, 3.63) is 22.4 Å². The molecule has 0 bridgehead atoms. The molecule has 1 aliphatic heterocycles. The highest BCUT2D eigenvalue weighted by atomic mass is 32.1. The van der Waals surface area contributed by atoms with E-state index < -0.39 is 0 Å². The van der Waals surface area contributed by atoms with Gasteiger partial charge in [0.15, 0.2) is 0 Å². The van der Waals surface area contributed by atoms with E-state index in [9.17, 15) is 4.79 Å². The number of ketones is 1. The number of thiophene rings is 1. The third-order valence-electron chi connectivity index (χ3n) is 3.05. The Morgan fingerprint density at radius 1 is 1.60 bits per heavy atom. The Labute approximate surface area is 94.9 Å². The maximum atomic E-state index is 11.5. The third kappa shape index (κ3) is 2.67. The molecule has 82 valence electrons. The van der Waals surface area contributed by atoms with Crippen molar-refractivity contribution in [3.8, 4) is 0 Å². The lowest BCUT2D eigenvalue weighted by Gasteiger charge is -2.33. The van der Waals surface area contributed by atoms with Crippen molar-refractivity contribution in [2.45, 2.75) is 38.8 Å². The highest BCUT2D eigenvalue weighted by Gasteiger charge is 2.25. The van der Waals surface area contributed by atoms with Gasteiger partial charge in [0, 0.05) is 6.54 Å². The van der Waals surface area contributed by atoms with Gasteiger partial charge in [-0.15, -0.1) is 0 Å². The van der Waals surface area contributed by atoms with Crippen LogP contribution in [-0.2, 0) is 11.3 Å². The van der Waals surface area contributed by atoms with E-state index in [0.29, 0.717) is 5.78 Å². The SMILES string of the molecule is CC(=O)C1CCCCN1Cc1ccsc1. The molecule has 0 aliphatic carbocycles. The molecule has 0 spiro atoms. The van der Waals surface area contributed by atoms with Crippen LogP contribution in [0.2, 0.25) is 0 Å². The number of likely N-dealkylation sites (tertiary alicyclic amines) is 1. The summed E-state index contributed by atoms with van der Waals surface area (Å²) in [5.74, 6) is 0.324. The quantitative estimate of drug-likeness (QED) is 0.785. The van der Waals surface area contributed by atoms with Crippen LogP contribution < -0.4 is 0 Å². The number of hydrogen-bond donors (Lipinski definition) is 0. The maximum absolute atomic E-state index is 11.5. The smallest absolute Gasteiger partial charge is 0.146 e. The molecule has 1 aliphatic rings. The first-order valence-corrected chi connectivity index (χ1v) is 6.47. The Bertz CT molecular complexity index is 320. The fourth-order valence-corrected chi connectivity index (χ4v) is 2.92. The van der Waals surface area contributed by atoms with Crippen LogP contribution in [0.1, 0.15) is 31.7 Å². The molecule has 0 radical (unpaired) electrons. The molecule has 2 heterocycles. The van der Waals surface area contributed by atoms with Gasteiger partial charge in [-0.1, -0.05) is 6.42 Å². The Morgan fingerprint density at radius 2 is 2.47 bits per heavy atom. The summed E-state index contributed by atoms with van der Waals surface area (Å²) in [6, 6.07) is 2.31. The first-order valence-electron chi connectivity index (χ1n) is 5.53. The predicted molar refractivity (Wildman–Crippen MR) is 63.0 cm³/mol. The highest BCUT2D eigenvalue weighted by molar-refractivity contribution is 7.07. The van der Waals surface area contributed by atoms with Crippen molar-refractivity contribution in [1.29, 1.82) is 0 Å². The third-order valence-corrected chi connectivity index (χ3v) is 3.78. The van der Waals surface area contributed by atoms with Gasteiger partial charge in [-0.2, -0.15) is 11.3 Å². The van der Waals surface area contributed by atoms with Crippen molar-refractivity contribution >= 4 is 17.1 Å². The van der Waals surface area contributed by atoms with E-state index in [-0.39, 0.29) is 6.04 Å². The van der Waals surface area contributed by atoms with Crippen LogP contribution in [0.15, 0.2) is 16.8 Å². The number of rotatable bonds is 3. The zero-order valence-electron chi connectivity index (χ0n) is 9.11. The van der Waals surface area contributed by atoms with Crippen molar-refractivity contribution in [2.75, 3.05) is 6.54 Å². The average molecular weight is 223 g/mol. The molecule has 1 atom stereocenters. The summed E-state index contributed by atoms with van der Waals surface area (Å²) in [7, 11) is 0. The Balaban J connectivity index is 2.02. The fraction of sp³-hybridized carbons (Fsp3) is 0.583. The van der Waals surface area contributed by atoms with Gasteiger partial charge in [0.1, 0.15) is 5.78 Å². The molecule has 0 aromatic carbocycles. The number of Topliss-reactive ketones (excluding diaryl/α,β-unsaturated/α-hetero) is 1. The molecule has 2 nitrogen and oxygen atoms in total. The van der Waals surface area contributed by atoms with Crippen LogP contribution in [0.3, 0.4) is 0 Å². The Morgan fingerprint density at radius 3 is 3.13 bits per heavy atom. The van der Waals surface area contributed by atoms with Gasteiger partial charge in [0.05, 0.1) is 6.04 Å². The molecule has 15 heavy (non-hydrogen) atoms. The standard InChI is InChI=1S/C12H17NOS/c1-10(14)12-4-2-3-6-13(12)8-11-5-7-15-9-11/h5,7,9,12H,2-4,6,8H2,1H3. The zero-order chi connectivity index (χ0) is 10.7. The number of piperidine rings is 1. The molecule has 0 amide bonds. The molecule has 0 N–H and O–H groups in total. The monoisotopic (exact) mass is 223 g/mol. The number of carbonyl (C=O) groups is 1. The van der Waals surface area contributed by atoms with E-state index in [2.05, 4.69) is 21.7 Å². The molecule has 3 heteroatoms. The minimum atomic E-state index is 0.165. The molecule has 0 saturated carbocycles. The fourth-order valence-electron chi connectivity index (χ4n) is 2.26. The van der Waals surface area contributed by atoms with E-state index >= 15 is 0 Å². The summed E-state index contributed by atoms with van der Waals surface area (Å²) < 4.78 is 0. The molecule has 2 rings (SSSR count). The summed E-state index contributed by atoms with van der Waals surface area (Å²) in [4.78, 5) is 13.8. The summed E-state index contributed by atoms with van der Waals surface area (Å²) in [6.07, 6.45) is 3.47. The second kappa shape index (κ2) is 4.90. The Kier molecular flexibility index (Phi) is 3.54. The van der Waals surface area contributed by atoms with E-state index in [1.165, 1.54) is 18.4 Å². The number of hydrogen-bond acceptors (Lipinski definition) is 3. The largest absolute Gasteiger partial charge is 0.298 e. The molecule has 1 aromatic heterocycles. The van der Waals surface area contributed by atoms with Crippen LogP contribution in [0.25, 0.3) is 0 Å². The second-order valence-corrected chi connectivity index (χ2v) is 5.00. The van der Waals surface area contributed by atoms with Crippen LogP contribution in [0.4, 0.5) is 0 Å². The highest BCUT2D eigenvalue weighted by Crippen LogP contribution is 2.21. The first-order chi connectivity index (χ1) is 7.27. The van der Waals surface area contributed by atoms with E-state index in [4.69, 9.17) is 0 Å². The van der Waals surface area contributed by atoms with Gasteiger partial charge in [-0.25, -0.2) is 0 Å².